The number of β-amino-alcohol motifs (C(OH)–C–C–N with tert-alkyl or cyclic N) is 1. The second-order valence-corrected chi connectivity index (χ2v) is 6.31. The van der Waals surface area contributed by atoms with Crippen LogP contribution in [0, 0.1) is 6.92 Å². The molecule has 0 amide bonds. The highest BCUT2D eigenvalue weighted by Crippen LogP contribution is 2.17. The van der Waals surface area contributed by atoms with Crippen LogP contribution in [0.2, 0.25) is 0 Å². The van der Waals surface area contributed by atoms with E-state index in [0.29, 0.717) is 30.8 Å². The molecule has 0 bridgehead atoms. The molecule has 1 aromatic heterocycles. The molecule has 6 nitrogen and oxygen atoms in total. The molecule has 0 spiro atoms. The Balaban J connectivity index is 2.08. The van der Waals surface area contributed by atoms with Gasteiger partial charge in [-0.1, -0.05) is 5.16 Å². The van der Waals surface area contributed by atoms with E-state index in [-0.39, 0.29) is 12.3 Å². The van der Waals surface area contributed by atoms with Crippen LogP contribution in [0.4, 0.5) is 0 Å². The number of piperidine rings is 1. The van der Waals surface area contributed by atoms with Gasteiger partial charge in [-0.05, 0) is 19.8 Å². The van der Waals surface area contributed by atoms with Crippen molar-refractivity contribution in [3.05, 3.63) is 17.5 Å². The van der Waals surface area contributed by atoms with Gasteiger partial charge in [0.2, 0.25) is 10.0 Å². The minimum Gasteiger partial charge on any atom is -0.392 e. The maximum absolute atomic E-state index is 12.0. The Morgan fingerprint density at radius 3 is 3.00 bits per heavy atom. The Morgan fingerprint density at radius 2 is 2.41 bits per heavy atom. The molecule has 2 rings (SSSR count). The van der Waals surface area contributed by atoms with Gasteiger partial charge in [0.05, 0.1) is 6.10 Å². The lowest BCUT2D eigenvalue weighted by molar-refractivity contribution is 0.108. The summed E-state index contributed by atoms with van der Waals surface area (Å²) in [7, 11) is -3.41. The predicted molar refractivity (Wildman–Crippen MR) is 60.7 cm³/mol. The molecule has 2 heterocycles. The molecule has 0 unspecified atom stereocenters. The highest BCUT2D eigenvalue weighted by molar-refractivity contribution is 7.88. The molecule has 0 aliphatic carbocycles. The SMILES string of the molecule is Cc1cc(CS(=O)(=O)N2CCC[C@H](O)C2)no1. The molecular weight excluding hydrogens is 244 g/mol. The van der Waals surface area contributed by atoms with Crippen molar-refractivity contribution in [1.82, 2.24) is 9.46 Å². The third-order valence-corrected chi connectivity index (χ3v) is 4.54. The van der Waals surface area contributed by atoms with Crippen molar-refractivity contribution in [2.24, 2.45) is 0 Å². The van der Waals surface area contributed by atoms with Crippen LogP contribution in [0.3, 0.4) is 0 Å². The Bertz CT molecular complexity index is 482. The first kappa shape index (κ1) is 12.5. The zero-order chi connectivity index (χ0) is 12.5. The molecule has 1 saturated heterocycles. The first-order valence-corrected chi connectivity index (χ1v) is 7.16. The van der Waals surface area contributed by atoms with E-state index in [4.69, 9.17) is 4.52 Å². The average Bonchev–Trinajstić information content (AvgIpc) is 2.63. The summed E-state index contributed by atoms with van der Waals surface area (Å²) in [4.78, 5) is 0. The van der Waals surface area contributed by atoms with E-state index in [2.05, 4.69) is 5.16 Å². The summed E-state index contributed by atoms with van der Waals surface area (Å²) >= 11 is 0. The third kappa shape index (κ3) is 3.05. The van der Waals surface area contributed by atoms with E-state index in [1.165, 1.54) is 4.31 Å². The average molecular weight is 260 g/mol. The molecule has 7 heteroatoms. The lowest BCUT2D eigenvalue weighted by Gasteiger charge is -2.28. The lowest BCUT2D eigenvalue weighted by atomic mass is 10.1. The monoisotopic (exact) mass is 260 g/mol. The van der Waals surface area contributed by atoms with Crippen LogP contribution in [0.5, 0.6) is 0 Å². The number of aryl methyl sites for hydroxylation is 1. The van der Waals surface area contributed by atoms with Crippen molar-refractivity contribution in [1.29, 1.82) is 0 Å². The predicted octanol–water partition coefficient (Wildman–Crippen LogP) is 0.270. The molecule has 1 fully saturated rings. The van der Waals surface area contributed by atoms with Crippen LogP contribution >= 0.6 is 0 Å². The molecule has 17 heavy (non-hydrogen) atoms. The van der Waals surface area contributed by atoms with Gasteiger partial charge in [-0.15, -0.1) is 0 Å². The van der Waals surface area contributed by atoms with Gasteiger partial charge in [0.1, 0.15) is 17.2 Å². The third-order valence-electron chi connectivity index (χ3n) is 2.76. The summed E-state index contributed by atoms with van der Waals surface area (Å²) in [5, 5.41) is 13.1. The minimum atomic E-state index is -3.41. The summed E-state index contributed by atoms with van der Waals surface area (Å²) in [5.41, 5.74) is 0.405. The maximum atomic E-state index is 12.0. The summed E-state index contributed by atoms with van der Waals surface area (Å²) in [6.07, 6.45) is 0.797. The van der Waals surface area contributed by atoms with Crippen molar-refractivity contribution in [2.75, 3.05) is 13.1 Å². The molecule has 0 radical (unpaired) electrons. The number of sulfonamides is 1. The number of aliphatic hydroxyl groups is 1. The van der Waals surface area contributed by atoms with E-state index in [0.717, 1.165) is 0 Å². The topological polar surface area (TPSA) is 83.6 Å². The van der Waals surface area contributed by atoms with Crippen molar-refractivity contribution >= 4 is 10.0 Å². The molecule has 1 aromatic rings. The van der Waals surface area contributed by atoms with E-state index in [9.17, 15) is 13.5 Å². The van der Waals surface area contributed by atoms with Crippen LogP contribution < -0.4 is 0 Å². The van der Waals surface area contributed by atoms with E-state index in [1.54, 1.807) is 13.0 Å². The summed E-state index contributed by atoms with van der Waals surface area (Å²) < 4.78 is 30.2. The van der Waals surface area contributed by atoms with Gasteiger partial charge in [0.15, 0.2) is 0 Å². The fourth-order valence-electron chi connectivity index (χ4n) is 1.94. The van der Waals surface area contributed by atoms with Crippen molar-refractivity contribution in [3.63, 3.8) is 0 Å². The van der Waals surface area contributed by atoms with Gasteiger partial charge in [0, 0.05) is 19.2 Å². The number of hydrogen-bond donors (Lipinski definition) is 1. The van der Waals surface area contributed by atoms with Crippen LogP contribution in [0.15, 0.2) is 10.6 Å². The van der Waals surface area contributed by atoms with E-state index < -0.39 is 16.1 Å². The van der Waals surface area contributed by atoms with Gasteiger partial charge < -0.3 is 9.63 Å². The highest BCUT2D eigenvalue weighted by Gasteiger charge is 2.28. The molecule has 1 aliphatic rings. The zero-order valence-corrected chi connectivity index (χ0v) is 10.5. The smallest absolute Gasteiger partial charge is 0.220 e. The zero-order valence-electron chi connectivity index (χ0n) is 9.66. The Labute approximate surface area is 100 Å². The van der Waals surface area contributed by atoms with Crippen molar-refractivity contribution in [3.8, 4) is 0 Å². The Kier molecular flexibility index (Phi) is 3.50. The van der Waals surface area contributed by atoms with Crippen molar-refractivity contribution < 1.29 is 18.0 Å². The van der Waals surface area contributed by atoms with Gasteiger partial charge in [-0.3, -0.25) is 0 Å². The first-order chi connectivity index (χ1) is 7.97. The summed E-state index contributed by atoms with van der Waals surface area (Å²) in [6, 6.07) is 1.61. The number of nitrogens with zero attached hydrogens (tertiary/aromatic N) is 2. The quantitative estimate of drug-likeness (QED) is 0.843. The van der Waals surface area contributed by atoms with E-state index >= 15 is 0 Å². The van der Waals surface area contributed by atoms with Gasteiger partial charge in [-0.2, -0.15) is 4.31 Å². The molecule has 1 aliphatic heterocycles. The molecule has 1 N–H and O–H groups in total. The number of hydrogen-bond acceptors (Lipinski definition) is 5. The fourth-order valence-corrected chi connectivity index (χ4v) is 3.44. The molecule has 1 atom stereocenters. The van der Waals surface area contributed by atoms with E-state index in [1.807, 2.05) is 0 Å². The first-order valence-electron chi connectivity index (χ1n) is 5.55. The van der Waals surface area contributed by atoms with Crippen LogP contribution in [-0.4, -0.2) is 42.2 Å². The largest absolute Gasteiger partial charge is 0.392 e. The van der Waals surface area contributed by atoms with Crippen LogP contribution in [0.1, 0.15) is 24.3 Å². The highest BCUT2D eigenvalue weighted by atomic mass is 32.2. The molecule has 0 saturated carbocycles. The minimum absolute atomic E-state index is 0.170. The number of aliphatic hydroxyl groups excluding tert-OH is 1. The number of aromatic nitrogens is 1. The number of rotatable bonds is 3. The van der Waals surface area contributed by atoms with Gasteiger partial charge >= 0.3 is 0 Å². The van der Waals surface area contributed by atoms with Crippen LogP contribution in [0.25, 0.3) is 0 Å². The second-order valence-electron chi connectivity index (χ2n) is 4.34. The molecule has 96 valence electrons. The fraction of sp³-hybridized carbons (Fsp3) is 0.700. The lowest BCUT2D eigenvalue weighted by Crippen LogP contribution is -2.42. The maximum Gasteiger partial charge on any atom is 0.220 e. The standard InChI is InChI=1S/C10H16N2O4S/c1-8-5-9(11-16-8)7-17(14,15)12-4-2-3-10(13)6-12/h5,10,13H,2-4,6-7H2,1H3/t10-/m0/s1. The van der Waals surface area contributed by atoms with Gasteiger partial charge in [-0.25, -0.2) is 8.42 Å². The van der Waals surface area contributed by atoms with Gasteiger partial charge in [0.25, 0.3) is 0 Å². The van der Waals surface area contributed by atoms with Crippen LogP contribution in [-0.2, 0) is 15.8 Å². The Hall–Kier alpha value is -0.920. The summed E-state index contributed by atoms with van der Waals surface area (Å²) in [6.45, 7) is 2.36. The normalized spacial score (nSPS) is 22.8. The summed E-state index contributed by atoms with van der Waals surface area (Å²) in [5.74, 6) is 0.422. The second kappa shape index (κ2) is 4.75. The molecule has 0 aromatic carbocycles. The molecular formula is C10H16N2O4S. The Morgan fingerprint density at radius 1 is 1.65 bits per heavy atom. The van der Waals surface area contributed by atoms with Crippen molar-refractivity contribution in [2.45, 2.75) is 31.6 Å².